The molecule has 0 spiro atoms. The van der Waals surface area contributed by atoms with Gasteiger partial charge in [-0.1, -0.05) is 20.8 Å². The lowest BCUT2D eigenvalue weighted by Gasteiger charge is -2.15. The standard InChI is InChI=1S/C10H16N2O/c1-7(2)10(3)6-8(10)12-9(13)4-5-11/h7-8H,4,6H2,1-3H3,(H,12,13). The molecule has 0 aromatic carbocycles. The number of hydrogen-bond donors (Lipinski definition) is 1. The zero-order chi connectivity index (χ0) is 10.1. The molecule has 0 saturated heterocycles. The molecule has 1 aliphatic rings. The van der Waals surface area contributed by atoms with Gasteiger partial charge in [0.25, 0.3) is 0 Å². The van der Waals surface area contributed by atoms with E-state index in [0.29, 0.717) is 5.92 Å². The summed E-state index contributed by atoms with van der Waals surface area (Å²) in [6.07, 6.45) is 1.02. The van der Waals surface area contributed by atoms with Crippen molar-refractivity contribution >= 4 is 5.91 Å². The van der Waals surface area contributed by atoms with Crippen LogP contribution in [0.1, 0.15) is 33.6 Å². The SMILES string of the molecule is CC(C)C1(C)CC1NC(=O)CC#N. The van der Waals surface area contributed by atoms with Gasteiger partial charge >= 0.3 is 0 Å². The first-order valence-corrected chi connectivity index (χ1v) is 4.67. The Kier molecular flexibility index (Phi) is 2.60. The van der Waals surface area contributed by atoms with Crippen LogP contribution in [0.5, 0.6) is 0 Å². The van der Waals surface area contributed by atoms with Crippen molar-refractivity contribution in [2.45, 2.75) is 39.7 Å². The molecule has 1 aliphatic carbocycles. The number of amides is 1. The molecule has 72 valence electrons. The number of hydrogen-bond acceptors (Lipinski definition) is 2. The monoisotopic (exact) mass is 180 g/mol. The highest BCUT2D eigenvalue weighted by molar-refractivity contribution is 5.78. The van der Waals surface area contributed by atoms with Crippen LogP contribution in [0, 0.1) is 22.7 Å². The van der Waals surface area contributed by atoms with Gasteiger partial charge in [0.2, 0.25) is 5.91 Å². The molecule has 2 unspecified atom stereocenters. The Hall–Kier alpha value is -1.04. The summed E-state index contributed by atoms with van der Waals surface area (Å²) in [6, 6.07) is 2.13. The molecule has 0 bridgehead atoms. The number of nitrogens with zero attached hydrogens (tertiary/aromatic N) is 1. The van der Waals surface area contributed by atoms with Crippen molar-refractivity contribution in [3.05, 3.63) is 0 Å². The molecule has 1 amide bonds. The van der Waals surface area contributed by atoms with Crippen LogP contribution in [-0.4, -0.2) is 11.9 Å². The van der Waals surface area contributed by atoms with E-state index >= 15 is 0 Å². The highest BCUT2D eigenvalue weighted by atomic mass is 16.1. The average molecular weight is 180 g/mol. The Morgan fingerprint density at radius 2 is 2.38 bits per heavy atom. The van der Waals surface area contributed by atoms with Gasteiger partial charge in [0, 0.05) is 6.04 Å². The van der Waals surface area contributed by atoms with Crippen LogP contribution in [-0.2, 0) is 4.79 Å². The average Bonchev–Trinajstić information content (AvgIpc) is 2.63. The third-order valence-corrected chi connectivity index (χ3v) is 3.17. The highest BCUT2D eigenvalue weighted by Gasteiger charge is 2.52. The van der Waals surface area contributed by atoms with E-state index in [4.69, 9.17) is 5.26 Å². The first-order chi connectivity index (χ1) is 6.00. The van der Waals surface area contributed by atoms with Crippen LogP contribution in [0.15, 0.2) is 0 Å². The van der Waals surface area contributed by atoms with Gasteiger partial charge in [0.05, 0.1) is 6.07 Å². The van der Waals surface area contributed by atoms with Crippen molar-refractivity contribution in [1.82, 2.24) is 5.32 Å². The summed E-state index contributed by atoms with van der Waals surface area (Å²) in [5.74, 6) is 0.441. The lowest BCUT2D eigenvalue weighted by Crippen LogP contribution is -2.29. The second kappa shape index (κ2) is 3.37. The first kappa shape index (κ1) is 10.0. The number of nitrogens with one attached hydrogen (secondary N) is 1. The number of rotatable bonds is 3. The fourth-order valence-corrected chi connectivity index (χ4v) is 1.55. The lowest BCUT2D eigenvalue weighted by atomic mass is 9.94. The quantitative estimate of drug-likeness (QED) is 0.714. The van der Waals surface area contributed by atoms with E-state index in [1.807, 2.05) is 6.07 Å². The number of nitriles is 1. The largest absolute Gasteiger partial charge is 0.352 e. The molecule has 1 saturated carbocycles. The molecule has 0 heterocycles. The van der Waals surface area contributed by atoms with Crippen molar-refractivity contribution in [2.24, 2.45) is 11.3 Å². The zero-order valence-corrected chi connectivity index (χ0v) is 8.42. The van der Waals surface area contributed by atoms with Gasteiger partial charge in [-0.05, 0) is 17.8 Å². The molecule has 0 radical (unpaired) electrons. The van der Waals surface area contributed by atoms with Crippen LogP contribution in [0.25, 0.3) is 0 Å². The minimum absolute atomic E-state index is 0.0231. The lowest BCUT2D eigenvalue weighted by molar-refractivity contribution is -0.120. The Labute approximate surface area is 79.1 Å². The third kappa shape index (κ3) is 2.00. The van der Waals surface area contributed by atoms with E-state index in [1.165, 1.54) is 0 Å². The summed E-state index contributed by atoms with van der Waals surface area (Å²) in [6.45, 7) is 6.50. The highest BCUT2D eigenvalue weighted by Crippen LogP contribution is 2.51. The fraction of sp³-hybridized carbons (Fsp3) is 0.800. The van der Waals surface area contributed by atoms with Crippen LogP contribution in [0.3, 0.4) is 0 Å². The minimum Gasteiger partial charge on any atom is -0.352 e. The molecule has 1 rings (SSSR count). The van der Waals surface area contributed by atoms with Gasteiger partial charge in [-0.2, -0.15) is 5.26 Å². The van der Waals surface area contributed by atoms with Crippen molar-refractivity contribution in [3.63, 3.8) is 0 Å². The minimum atomic E-state index is -0.142. The van der Waals surface area contributed by atoms with Crippen LogP contribution in [0.4, 0.5) is 0 Å². The molecular weight excluding hydrogens is 164 g/mol. The maximum absolute atomic E-state index is 11.1. The summed E-state index contributed by atoms with van der Waals surface area (Å²) in [5.41, 5.74) is 0.255. The van der Waals surface area contributed by atoms with Gasteiger partial charge in [-0.15, -0.1) is 0 Å². The maximum Gasteiger partial charge on any atom is 0.234 e. The van der Waals surface area contributed by atoms with Gasteiger partial charge in [-0.25, -0.2) is 0 Å². The fourth-order valence-electron chi connectivity index (χ4n) is 1.55. The third-order valence-electron chi connectivity index (χ3n) is 3.17. The molecule has 1 N–H and O–H groups in total. The van der Waals surface area contributed by atoms with Crippen molar-refractivity contribution in [1.29, 1.82) is 5.26 Å². The molecule has 13 heavy (non-hydrogen) atoms. The predicted octanol–water partition coefficient (Wildman–Crippen LogP) is 1.45. The van der Waals surface area contributed by atoms with Crippen LogP contribution < -0.4 is 5.32 Å². The smallest absolute Gasteiger partial charge is 0.234 e. The molecule has 2 atom stereocenters. The normalized spacial score (nSPS) is 31.2. The van der Waals surface area contributed by atoms with E-state index in [-0.39, 0.29) is 23.8 Å². The Morgan fingerprint density at radius 3 is 2.77 bits per heavy atom. The Balaban J connectivity index is 2.36. The second-order valence-corrected chi connectivity index (χ2v) is 4.32. The topological polar surface area (TPSA) is 52.9 Å². The molecule has 3 heteroatoms. The summed E-state index contributed by atoms with van der Waals surface area (Å²) >= 11 is 0. The molecule has 1 fully saturated rings. The van der Waals surface area contributed by atoms with E-state index in [0.717, 1.165) is 6.42 Å². The van der Waals surface area contributed by atoms with E-state index in [2.05, 4.69) is 26.1 Å². The summed E-state index contributed by atoms with van der Waals surface area (Å²) in [4.78, 5) is 11.1. The summed E-state index contributed by atoms with van der Waals surface area (Å²) in [5, 5.41) is 11.2. The molecule has 0 aliphatic heterocycles. The predicted molar refractivity (Wildman–Crippen MR) is 49.7 cm³/mol. The van der Waals surface area contributed by atoms with Crippen molar-refractivity contribution in [2.75, 3.05) is 0 Å². The van der Waals surface area contributed by atoms with Crippen LogP contribution in [0.2, 0.25) is 0 Å². The van der Waals surface area contributed by atoms with Crippen LogP contribution >= 0.6 is 0 Å². The molecular formula is C10H16N2O. The Morgan fingerprint density at radius 1 is 1.77 bits per heavy atom. The summed E-state index contributed by atoms with van der Waals surface area (Å²) in [7, 11) is 0. The number of carbonyl (C=O) groups is 1. The van der Waals surface area contributed by atoms with Gasteiger partial charge in [0.1, 0.15) is 6.42 Å². The maximum atomic E-state index is 11.1. The van der Waals surface area contributed by atoms with Gasteiger partial charge in [0.15, 0.2) is 0 Å². The van der Waals surface area contributed by atoms with Crippen molar-refractivity contribution < 1.29 is 4.79 Å². The van der Waals surface area contributed by atoms with Gasteiger partial charge < -0.3 is 5.32 Å². The second-order valence-electron chi connectivity index (χ2n) is 4.32. The van der Waals surface area contributed by atoms with E-state index in [1.54, 1.807) is 0 Å². The molecule has 3 nitrogen and oxygen atoms in total. The van der Waals surface area contributed by atoms with E-state index < -0.39 is 0 Å². The summed E-state index contributed by atoms with van der Waals surface area (Å²) < 4.78 is 0. The number of carbonyl (C=O) groups excluding carboxylic acids is 1. The molecule has 0 aromatic heterocycles. The van der Waals surface area contributed by atoms with Gasteiger partial charge in [-0.3, -0.25) is 4.79 Å². The molecule has 0 aromatic rings. The zero-order valence-electron chi connectivity index (χ0n) is 8.42. The van der Waals surface area contributed by atoms with E-state index in [9.17, 15) is 4.79 Å². The van der Waals surface area contributed by atoms with Crippen molar-refractivity contribution in [3.8, 4) is 6.07 Å². The Bertz CT molecular complexity index is 254. The first-order valence-electron chi connectivity index (χ1n) is 4.67.